The van der Waals surface area contributed by atoms with Crippen molar-refractivity contribution in [3.8, 4) is 11.5 Å². The topological polar surface area (TPSA) is 74.0 Å². The lowest BCUT2D eigenvalue weighted by Crippen LogP contribution is -2.75. The first-order valence-corrected chi connectivity index (χ1v) is 8.69. The molecule has 0 aliphatic heterocycles. The second kappa shape index (κ2) is 7.62. The number of likely N-dealkylation sites (N-methyl/N-ethyl adjacent to an activating group) is 1. The predicted octanol–water partition coefficient (Wildman–Crippen LogP) is 2.06. The highest BCUT2D eigenvalue weighted by atomic mass is 16.5. The van der Waals surface area contributed by atoms with E-state index in [1.807, 2.05) is 45.0 Å². The van der Waals surface area contributed by atoms with Gasteiger partial charge >= 0.3 is 0 Å². The van der Waals surface area contributed by atoms with Gasteiger partial charge in [-0.1, -0.05) is 26.0 Å². The molecule has 2 rings (SSSR count). The molecule has 6 heteroatoms. The van der Waals surface area contributed by atoms with Crippen LogP contribution in [0.15, 0.2) is 24.3 Å². The monoisotopic (exact) mass is 350 g/mol. The highest BCUT2D eigenvalue weighted by Gasteiger charge is 2.63. The predicted molar refractivity (Wildman–Crippen MR) is 96.9 cm³/mol. The number of hydrogen-bond acceptors (Lipinski definition) is 5. The lowest BCUT2D eigenvalue weighted by molar-refractivity contribution is -0.178. The Balaban J connectivity index is 1.91. The van der Waals surface area contributed by atoms with Crippen molar-refractivity contribution in [2.45, 2.75) is 38.8 Å². The smallest absolute Gasteiger partial charge is 0.243 e. The molecule has 0 aromatic heterocycles. The Kier molecular flexibility index (Phi) is 5.95. The van der Waals surface area contributed by atoms with Crippen molar-refractivity contribution in [3.05, 3.63) is 24.3 Å². The summed E-state index contributed by atoms with van der Waals surface area (Å²) < 4.78 is 16.7. The van der Waals surface area contributed by atoms with Crippen molar-refractivity contribution in [3.63, 3.8) is 0 Å². The van der Waals surface area contributed by atoms with E-state index >= 15 is 0 Å². The number of hydrogen-bond donors (Lipinski definition) is 1. The minimum atomic E-state index is -0.897. The summed E-state index contributed by atoms with van der Waals surface area (Å²) in [6.45, 7) is 7.39. The standard InChI is InChI=1S/C19H30N2O4/c1-6-24-16-13-19(20,18(16,2)3)17(22)21(4)11-12-25-15-10-8-7-9-14(15)23-5/h7-10,16H,6,11-13,20H2,1-5H3. The van der Waals surface area contributed by atoms with Gasteiger partial charge in [-0.25, -0.2) is 0 Å². The van der Waals surface area contributed by atoms with E-state index in [1.54, 1.807) is 19.1 Å². The fourth-order valence-corrected chi connectivity index (χ4v) is 3.27. The molecule has 1 aromatic carbocycles. The van der Waals surface area contributed by atoms with Gasteiger partial charge in [0.2, 0.25) is 5.91 Å². The largest absolute Gasteiger partial charge is 0.493 e. The van der Waals surface area contributed by atoms with Crippen molar-refractivity contribution < 1.29 is 19.0 Å². The van der Waals surface area contributed by atoms with Crippen LogP contribution in [0.3, 0.4) is 0 Å². The molecule has 1 aromatic rings. The first kappa shape index (κ1) is 19.5. The third kappa shape index (κ3) is 3.60. The second-order valence-corrected chi connectivity index (χ2v) is 7.07. The van der Waals surface area contributed by atoms with Gasteiger partial charge in [0.05, 0.1) is 19.8 Å². The molecule has 140 valence electrons. The molecule has 1 aliphatic carbocycles. The van der Waals surface area contributed by atoms with Crippen LogP contribution in [-0.4, -0.2) is 56.4 Å². The van der Waals surface area contributed by atoms with Crippen LogP contribution >= 0.6 is 0 Å². The number of para-hydroxylation sites is 2. The van der Waals surface area contributed by atoms with Gasteiger partial charge in [0.15, 0.2) is 11.5 Å². The van der Waals surface area contributed by atoms with Crippen molar-refractivity contribution >= 4 is 5.91 Å². The minimum absolute atomic E-state index is 0.0182. The molecule has 1 aliphatic rings. The first-order chi connectivity index (χ1) is 11.8. The van der Waals surface area contributed by atoms with Crippen molar-refractivity contribution in [1.82, 2.24) is 4.90 Å². The summed E-state index contributed by atoms with van der Waals surface area (Å²) in [5.74, 6) is 1.26. The van der Waals surface area contributed by atoms with Gasteiger partial charge in [-0.05, 0) is 19.1 Å². The zero-order valence-corrected chi connectivity index (χ0v) is 15.9. The van der Waals surface area contributed by atoms with Crippen LogP contribution < -0.4 is 15.2 Å². The number of methoxy groups -OCH3 is 1. The fourth-order valence-electron chi connectivity index (χ4n) is 3.27. The summed E-state index contributed by atoms with van der Waals surface area (Å²) >= 11 is 0. The van der Waals surface area contributed by atoms with E-state index in [0.29, 0.717) is 37.7 Å². The van der Waals surface area contributed by atoms with Gasteiger partial charge in [0.25, 0.3) is 0 Å². The van der Waals surface area contributed by atoms with Gasteiger partial charge in [0, 0.05) is 25.5 Å². The minimum Gasteiger partial charge on any atom is -0.493 e. The number of carbonyl (C=O) groups is 1. The van der Waals surface area contributed by atoms with Crippen molar-refractivity contribution in [2.75, 3.05) is 33.9 Å². The highest BCUT2D eigenvalue weighted by Crippen LogP contribution is 2.50. The van der Waals surface area contributed by atoms with Crippen LogP contribution in [0.5, 0.6) is 11.5 Å². The zero-order valence-electron chi connectivity index (χ0n) is 15.9. The van der Waals surface area contributed by atoms with Gasteiger partial charge in [-0.3, -0.25) is 4.79 Å². The van der Waals surface area contributed by atoms with E-state index in [1.165, 1.54) is 0 Å². The lowest BCUT2D eigenvalue weighted by Gasteiger charge is -2.58. The Labute approximate surface area is 150 Å². The van der Waals surface area contributed by atoms with Crippen molar-refractivity contribution in [2.24, 2.45) is 11.1 Å². The molecule has 6 nitrogen and oxygen atoms in total. The van der Waals surface area contributed by atoms with Crippen LogP contribution in [0.1, 0.15) is 27.2 Å². The van der Waals surface area contributed by atoms with Gasteiger partial charge in [-0.15, -0.1) is 0 Å². The van der Waals surface area contributed by atoms with Crippen LogP contribution in [-0.2, 0) is 9.53 Å². The van der Waals surface area contributed by atoms with E-state index in [0.717, 1.165) is 0 Å². The highest BCUT2D eigenvalue weighted by molar-refractivity contribution is 5.88. The van der Waals surface area contributed by atoms with E-state index < -0.39 is 11.0 Å². The molecule has 0 heterocycles. The summed E-state index contributed by atoms with van der Waals surface area (Å²) in [6.07, 6.45) is 0.564. The molecule has 1 fully saturated rings. The Bertz CT molecular complexity index is 605. The van der Waals surface area contributed by atoms with Gasteiger partial charge in [-0.2, -0.15) is 0 Å². The number of rotatable bonds is 8. The maximum absolute atomic E-state index is 12.8. The van der Waals surface area contributed by atoms with Gasteiger partial charge < -0.3 is 24.8 Å². The number of ether oxygens (including phenoxy) is 3. The number of amides is 1. The number of carbonyl (C=O) groups excluding carboxylic acids is 1. The van der Waals surface area contributed by atoms with Crippen LogP contribution in [0, 0.1) is 5.41 Å². The summed E-state index contributed by atoms with van der Waals surface area (Å²) in [4.78, 5) is 14.5. The number of nitrogens with two attached hydrogens (primary N) is 1. The number of benzene rings is 1. The summed E-state index contributed by atoms with van der Waals surface area (Å²) in [5, 5.41) is 0. The molecule has 2 atom stereocenters. The van der Waals surface area contributed by atoms with Crippen LogP contribution in [0.4, 0.5) is 0 Å². The Morgan fingerprint density at radius 2 is 1.96 bits per heavy atom. The molecular weight excluding hydrogens is 320 g/mol. The lowest BCUT2D eigenvalue weighted by atomic mass is 9.54. The Hall–Kier alpha value is -1.79. The molecule has 0 spiro atoms. The summed E-state index contributed by atoms with van der Waals surface area (Å²) in [5.41, 5.74) is 5.15. The summed E-state index contributed by atoms with van der Waals surface area (Å²) in [7, 11) is 3.36. The maximum atomic E-state index is 12.8. The fraction of sp³-hybridized carbons (Fsp3) is 0.632. The molecular formula is C19H30N2O4. The van der Waals surface area contributed by atoms with Crippen molar-refractivity contribution in [1.29, 1.82) is 0 Å². The molecule has 1 amide bonds. The van der Waals surface area contributed by atoms with Crippen LogP contribution in [0.25, 0.3) is 0 Å². The van der Waals surface area contributed by atoms with Crippen LogP contribution in [0.2, 0.25) is 0 Å². The Morgan fingerprint density at radius 3 is 2.52 bits per heavy atom. The molecule has 1 saturated carbocycles. The molecule has 0 saturated heterocycles. The average Bonchev–Trinajstić information content (AvgIpc) is 2.60. The van der Waals surface area contributed by atoms with E-state index in [2.05, 4.69) is 0 Å². The number of nitrogens with zero attached hydrogens (tertiary/aromatic N) is 1. The zero-order chi connectivity index (χ0) is 18.7. The van der Waals surface area contributed by atoms with E-state index in [9.17, 15) is 4.79 Å². The quantitative estimate of drug-likeness (QED) is 0.777. The molecule has 2 N–H and O–H groups in total. The molecule has 0 radical (unpaired) electrons. The first-order valence-electron chi connectivity index (χ1n) is 8.69. The van der Waals surface area contributed by atoms with E-state index in [4.69, 9.17) is 19.9 Å². The molecule has 2 unspecified atom stereocenters. The SMILES string of the molecule is CCOC1CC(N)(C(=O)N(C)CCOc2ccccc2OC)C1(C)C. The third-order valence-corrected chi connectivity index (χ3v) is 5.31. The molecule has 25 heavy (non-hydrogen) atoms. The summed E-state index contributed by atoms with van der Waals surface area (Å²) in [6, 6.07) is 7.44. The third-order valence-electron chi connectivity index (χ3n) is 5.31. The molecule has 0 bridgehead atoms. The van der Waals surface area contributed by atoms with Gasteiger partial charge in [0.1, 0.15) is 12.1 Å². The van der Waals surface area contributed by atoms with E-state index in [-0.39, 0.29) is 12.0 Å². The Morgan fingerprint density at radius 1 is 1.32 bits per heavy atom. The average molecular weight is 350 g/mol. The maximum Gasteiger partial charge on any atom is 0.243 e. The second-order valence-electron chi connectivity index (χ2n) is 7.07. The normalized spacial score (nSPS) is 24.3.